The topological polar surface area (TPSA) is 129 Å². The molecule has 0 fully saturated rings. The summed E-state index contributed by atoms with van der Waals surface area (Å²) < 4.78 is 12.3. The molecule has 3 rings (SSSR count). The Morgan fingerprint density at radius 1 is 1.20 bits per heavy atom. The highest BCUT2D eigenvalue weighted by atomic mass is 32.2. The van der Waals surface area contributed by atoms with Gasteiger partial charge in [0.1, 0.15) is 29.7 Å². The van der Waals surface area contributed by atoms with E-state index in [4.69, 9.17) is 9.47 Å². The molecule has 1 aromatic heterocycles. The van der Waals surface area contributed by atoms with Crippen LogP contribution in [-0.4, -0.2) is 46.2 Å². The third-order valence-electron chi connectivity index (χ3n) is 4.56. The maximum Gasteiger partial charge on any atom is 0.270 e. The van der Waals surface area contributed by atoms with Gasteiger partial charge in [0.15, 0.2) is 4.34 Å². The van der Waals surface area contributed by atoms with E-state index < -0.39 is 4.92 Å². The van der Waals surface area contributed by atoms with E-state index in [1.807, 2.05) is 26.0 Å². The zero-order chi connectivity index (χ0) is 25.2. The predicted octanol–water partition coefficient (Wildman–Crippen LogP) is 4.33. The van der Waals surface area contributed by atoms with Crippen LogP contribution in [0.2, 0.25) is 0 Å². The summed E-state index contributed by atoms with van der Waals surface area (Å²) in [6, 6.07) is 10.2. The van der Waals surface area contributed by atoms with E-state index in [-0.39, 0.29) is 24.0 Å². The van der Waals surface area contributed by atoms with Gasteiger partial charge in [-0.05, 0) is 49.6 Å². The molecule has 0 aliphatic rings. The summed E-state index contributed by atoms with van der Waals surface area (Å²) in [5, 5.41) is 23.8. The lowest BCUT2D eigenvalue weighted by atomic mass is 10.1. The predicted molar refractivity (Wildman–Crippen MR) is 136 cm³/mol. The van der Waals surface area contributed by atoms with E-state index >= 15 is 0 Å². The lowest BCUT2D eigenvalue weighted by Gasteiger charge is -2.11. The summed E-state index contributed by atoms with van der Waals surface area (Å²) in [5.41, 5.74) is 4.95. The van der Waals surface area contributed by atoms with Crippen LogP contribution < -0.4 is 14.9 Å². The van der Waals surface area contributed by atoms with Crippen molar-refractivity contribution in [2.75, 3.05) is 19.0 Å². The molecule has 2 aromatic carbocycles. The summed E-state index contributed by atoms with van der Waals surface area (Å²) in [4.78, 5) is 22.7. The Morgan fingerprint density at radius 3 is 2.71 bits per heavy atom. The van der Waals surface area contributed by atoms with Crippen LogP contribution in [0.3, 0.4) is 0 Å². The number of amides is 1. The second-order valence-corrected chi connectivity index (χ2v) is 9.76. The number of aryl methyl sites for hydroxylation is 3. The van der Waals surface area contributed by atoms with Gasteiger partial charge in [-0.15, -0.1) is 10.2 Å². The number of hydrogen-bond acceptors (Lipinski definition) is 10. The van der Waals surface area contributed by atoms with E-state index in [0.29, 0.717) is 22.3 Å². The molecule has 12 heteroatoms. The number of non-ortho nitro benzene ring substituents is 1. The van der Waals surface area contributed by atoms with Gasteiger partial charge in [0.05, 0.1) is 16.9 Å². The molecule has 3 aromatic rings. The first kappa shape index (κ1) is 26.1. The fraction of sp³-hybridized carbons (Fsp3) is 0.304. The molecule has 184 valence electrons. The Kier molecular flexibility index (Phi) is 9.56. The molecule has 1 heterocycles. The van der Waals surface area contributed by atoms with Gasteiger partial charge >= 0.3 is 0 Å². The average Bonchev–Trinajstić information content (AvgIpc) is 3.25. The lowest BCUT2D eigenvalue weighted by molar-refractivity contribution is -0.384. The van der Waals surface area contributed by atoms with Gasteiger partial charge in [0.25, 0.3) is 11.6 Å². The van der Waals surface area contributed by atoms with Gasteiger partial charge in [0.2, 0.25) is 0 Å². The summed E-state index contributed by atoms with van der Waals surface area (Å²) in [5.74, 6) is 0.917. The zero-order valence-electron chi connectivity index (χ0n) is 19.5. The fourth-order valence-corrected chi connectivity index (χ4v) is 4.58. The van der Waals surface area contributed by atoms with Crippen LogP contribution >= 0.6 is 23.1 Å². The molecule has 0 atom stereocenters. The minimum absolute atomic E-state index is 0.111. The second-order valence-electron chi connectivity index (χ2n) is 7.35. The molecule has 1 amide bonds. The van der Waals surface area contributed by atoms with Crippen LogP contribution in [-0.2, 0) is 11.2 Å². The Morgan fingerprint density at radius 2 is 2.00 bits per heavy atom. The monoisotopic (exact) mass is 515 g/mol. The smallest absolute Gasteiger partial charge is 0.270 e. The van der Waals surface area contributed by atoms with Crippen molar-refractivity contribution < 1.29 is 19.2 Å². The number of hydrogen-bond donors (Lipinski definition) is 1. The largest absolute Gasteiger partial charge is 0.490 e. The quantitative estimate of drug-likeness (QED) is 0.124. The molecule has 0 bridgehead atoms. The Hall–Kier alpha value is -3.51. The first-order valence-electron chi connectivity index (χ1n) is 10.7. The molecular weight excluding hydrogens is 490 g/mol. The van der Waals surface area contributed by atoms with Crippen LogP contribution in [0.1, 0.15) is 28.6 Å². The highest BCUT2D eigenvalue weighted by Gasteiger charge is 2.12. The standard InChI is InChI=1S/C23H25N5O5S2/c1-4-17-9-15(2)10-20(11-17)32-7-8-33-21-6-5-19(28(30)31)12-18(21)13-24-26-22(29)14-34-23-27-25-16(3)35-23/h5-6,9-13H,4,7-8,14H2,1-3H3,(H,26,29). The highest BCUT2D eigenvalue weighted by Crippen LogP contribution is 2.24. The van der Waals surface area contributed by atoms with Crippen molar-refractivity contribution in [3.05, 3.63) is 68.2 Å². The molecule has 35 heavy (non-hydrogen) atoms. The van der Waals surface area contributed by atoms with Gasteiger partial charge in [-0.3, -0.25) is 14.9 Å². The zero-order valence-corrected chi connectivity index (χ0v) is 21.1. The maximum absolute atomic E-state index is 12.0. The van der Waals surface area contributed by atoms with E-state index in [1.54, 1.807) is 0 Å². The van der Waals surface area contributed by atoms with Crippen molar-refractivity contribution in [2.45, 2.75) is 31.5 Å². The number of nitro benzene ring substituents is 1. The van der Waals surface area contributed by atoms with Crippen LogP contribution in [0.4, 0.5) is 5.69 Å². The Labute approximate surface area is 210 Å². The Bertz CT molecular complexity index is 1210. The van der Waals surface area contributed by atoms with Gasteiger partial charge < -0.3 is 9.47 Å². The summed E-state index contributed by atoms with van der Waals surface area (Å²) >= 11 is 2.65. The number of hydrazone groups is 1. The number of nitro groups is 1. The van der Waals surface area contributed by atoms with Crippen LogP contribution in [0.15, 0.2) is 45.8 Å². The van der Waals surface area contributed by atoms with Gasteiger partial charge in [-0.25, -0.2) is 5.43 Å². The van der Waals surface area contributed by atoms with Crippen molar-refractivity contribution in [3.63, 3.8) is 0 Å². The van der Waals surface area contributed by atoms with Crippen LogP contribution in [0.5, 0.6) is 11.5 Å². The second kappa shape index (κ2) is 12.8. The number of aromatic nitrogens is 2. The molecule has 0 saturated heterocycles. The molecule has 0 aliphatic heterocycles. The first-order chi connectivity index (χ1) is 16.8. The van der Waals surface area contributed by atoms with Gasteiger partial charge in [0, 0.05) is 17.7 Å². The third-order valence-corrected chi connectivity index (χ3v) is 6.53. The summed E-state index contributed by atoms with van der Waals surface area (Å²) in [6.45, 7) is 6.44. The van der Waals surface area contributed by atoms with E-state index in [2.05, 4.69) is 33.7 Å². The SMILES string of the molecule is CCc1cc(C)cc(OCCOc2ccc([N+](=O)[O-])cc2C=NNC(=O)CSc2nnc(C)s2)c1. The van der Waals surface area contributed by atoms with E-state index in [1.165, 1.54) is 53.1 Å². The number of carbonyl (C=O) groups excluding carboxylic acids is 1. The van der Waals surface area contributed by atoms with E-state index in [0.717, 1.165) is 22.7 Å². The number of benzene rings is 2. The van der Waals surface area contributed by atoms with Crippen LogP contribution in [0.25, 0.3) is 0 Å². The normalized spacial score (nSPS) is 10.9. The van der Waals surface area contributed by atoms with Crippen molar-refractivity contribution in [1.82, 2.24) is 15.6 Å². The highest BCUT2D eigenvalue weighted by molar-refractivity contribution is 8.01. The van der Waals surface area contributed by atoms with Crippen molar-refractivity contribution in [2.24, 2.45) is 5.10 Å². The molecule has 1 N–H and O–H groups in total. The molecule has 10 nitrogen and oxygen atoms in total. The van der Waals surface area contributed by atoms with Crippen LogP contribution in [0, 0.1) is 24.0 Å². The third kappa shape index (κ3) is 8.34. The van der Waals surface area contributed by atoms with Crippen molar-refractivity contribution >= 4 is 40.9 Å². The molecule has 0 radical (unpaired) electrons. The Balaban J connectivity index is 1.57. The molecular formula is C23H25N5O5S2. The molecule has 0 aliphatic carbocycles. The maximum atomic E-state index is 12.0. The fourth-order valence-electron chi connectivity index (χ4n) is 2.98. The molecule has 0 spiro atoms. The number of thioether (sulfide) groups is 1. The first-order valence-corrected chi connectivity index (χ1v) is 12.5. The minimum Gasteiger partial charge on any atom is -0.490 e. The minimum atomic E-state index is -0.507. The summed E-state index contributed by atoms with van der Waals surface area (Å²) in [7, 11) is 0. The molecule has 0 unspecified atom stereocenters. The number of carbonyl (C=O) groups is 1. The van der Waals surface area contributed by atoms with Gasteiger partial charge in [-0.2, -0.15) is 5.10 Å². The lowest BCUT2D eigenvalue weighted by Crippen LogP contribution is -2.19. The van der Waals surface area contributed by atoms with E-state index in [9.17, 15) is 14.9 Å². The average molecular weight is 516 g/mol. The number of nitrogens with one attached hydrogen (secondary N) is 1. The van der Waals surface area contributed by atoms with Crippen molar-refractivity contribution in [3.8, 4) is 11.5 Å². The number of ether oxygens (including phenoxy) is 2. The summed E-state index contributed by atoms with van der Waals surface area (Å²) in [6.07, 6.45) is 2.23. The van der Waals surface area contributed by atoms with Crippen molar-refractivity contribution in [1.29, 1.82) is 0 Å². The van der Waals surface area contributed by atoms with Gasteiger partial charge in [-0.1, -0.05) is 36.1 Å². The number of nitrogens with zero attached hydrogens (tertiary/aromatic N) is 4. The molecule has 0 saturated carbocycles. The number of rotatable bonds is 12.